The van der Waals surface area contributed by atoms with Gasteiger partial charge in [0, 0.05) is 13.1 Å². The molecular formula is C12H17IN6O. The van der Waals surface area contributed by atoms with E-state index in [4.69, 9.17) is 4.42 Å². The summed E-state index contributed by atoms with van der Waals surface area (Å²) in [5, 5.41) is 13.5. The van der Waals surface area contributed by atoms with Crippen LogP contribution in [0.1, 0.15) is 18.7 Å². The van der Waals surface area contributed by atoms with Crippen LogP contribution in [0, 0.1) is 0 Å². The van der Waals surface area contributed by atoms with Gasteiger partial charge in [-0.2, -0.15) is 0 Å². The number of aromatic amines is 1. The van der Waals surface area contributed by atoms with Crippen molar-refractivity contribution in [2.24, 2.45) is 4.99 Å². The van der Waals surface area contributed by atoms with E-state index < -0.39 is 0 Å². The smallest absolute Gasteiger partial charge is 0.216 e. The van der Waals surface area contributed by atoms with Gasteiger partial charge in [-0.1, -0.05) is 0 Å². The van der Waals surface area contributed by atoms with Gasteiger partial charge in [-0.15, -0.1) is 29.1 Å². The Balaban J connectivity index is 0.00000147. The average Bonchev–Trinajstić information content (AvgIpc) is 2.94. The van der Waals surface area contributed by atoms with E-state index in [2.05, 4.69) is 30.8 Å². The zero-order valence-corrected chi connectivity index (χ0v) is 13.4. The lowest BCUT2D eigenvalue weighted by Gasteiger charge is -2.09. The van der Waals surface area contributed by atoms with E-state index in [9.17, 15) is 0 Å². The van der Waals surface area contributed by atoms with Gasteiger partial charge >= 0.3 is 0 Å². The Labute approximate surface area is 133 Å². The van der Waals surface area contributed by atoms with E-state index in [0.29, 0.717) is 24.2 Å². The molecule has 2 aromatic rings. The number of aromatic nitrogens is 3. The summed E-state index contributed by atoms with van der Waals surface area (Å²) in [5.74, 6) is 2.75. The van der Waals surface area contributed by atoms with Crippen molar-refractivity contribution < 1.29 is 4.42 Å². The molecule has 108 valence electrons. The number of H-pyrrole nitrogens is 1. The van der Waals surface area contributed by atoms with Crippen LogP contribution in [0.4, 0.5) is 0 Å². The molecule has 0 saturated heterocycles. The van der Waals surface area contributed by atoms with Crippen LogP contribution in [0.2, 0.25) is 0 Å². The highest BCUT2D eigenvalue weighted by Crippen LogP contribution is 2.18. The monoisotopic (exact) mass is 388 g/mol. The molecule has 8 heteroatoms. The SMILES string of the molecule is CN=C(NCc1nc(-c2ccco2)n[nH]1)NC1CC1.I. The number of furan rings is 1. The third-order valence-electron chi connectivity index (χ3n) is 2.84. The molecule has 1 aliphatic rings. The van der Waals surface area contributed by atoms with E-state index in [0.717, 1.165) is 11.8 Å². The van der Waals surface area contributed by atoms with E-state index in [1.807, 2.05) is 12.1 Å². The van der Waals surface area contributed by atoms with E-state index in [-0.39, 0.29) is 24.0 Å². The molecule has 0 aliphatic heterocycles. The zero-order valence-electron chi connectivity index (χ0n) is 11.1. The van der Waals surface area contributed by atoms with Crippen molar-refractivity contribution in [2.75, 3.05) is 7.05 Å². The first-order chi connectivity index (χ1) is 9.35. The van der Waals surface area contributed by atoms with E-state index in [1.165, 1.54) is 12.8 Å². The van der Waals surface area contributed by atoms with Crippen LogP contribution in [0.15, 0.2) is 27.8 Å². The van der Waals surface area contributed by atoms with Gasteiger partial charge in [0.25, 0.3) is 0 Å². The molecule has 7 nitrogen and oxygen atoms in total. The van der Waals surface area contributed by atoms with Crippen LogP contribution in [0.3, 0.4) is 0 Å². The first-order valence-electron chi connectivity index (χ1n) is 6.27. The minimum atomic E-state index is 0. The van der Waals surface area contributed by atoms with Gasteiger partial charge in [-0.05, 0) is 25.0 Å². The van der Waals surface area contributed by atoms with Crippen molar-refractivity contribution in [1.82, 2.24) is 25.8 Å². The Morgan fingerprint density at radius 1 is 1.55 bits per heavy atom. The first kappa shape index (κ1) is 14.8. The lowest BCUT2D eigenvalue weighted by Crippen LogP contribution is -2.38. The molecule has 0 spiro atoms. The third-order valence-corrected chi connectivity index (χ3v) is 2.84. The molecule has 2 heterocycles. The Kier molecular flexibility index (Phi) is 4.99. The molecule has 0 atom stereocenters. The Bertz CT molecular complexity index is 560. The molecule has 1 saturated carbocycles. The molecule has 0 radical (unpaired) electrons. The number of guanidine groups is 1. The second kappa shape index (κ2) is 6.73. The number of hydrogen-bond donors (Lipinski definition) is 3. The highest BCUT2D eigenvalue weighted by atomic mass is 127. The lowest BCUT2D eigenvalue weighted by molar-refractivity contribution is 0.577. The van der Waals surface area contributed by atoms with Crippen LogP contribution in [0.5, 0.6) is 0 Å². The second-order valence-corrected chi connectivity index (χ2v) is 4.43. The molecule has 20 heavy (non-hydrogen) atoms. The molecule has 0 amide bonds. The molecule has 3 N–H and O–H groups in total. The summed E-state index contributed by atoms with van der Waals surface area (Å²) in [6, 6.07) is 4.21. The van der Waals surface area contributed by atoms with Gasteiger partial charge in [0.2, 0.25) is 5.82 Å². The normalized spacial score (nSPS) is 14.8. The summed E-state index contributed by atoms with van der Waals surface area (Å²) in [6.07, 6.45) is 4.03. The predicted molar refractivity (Wildman–Crippen MR) is 85.9 cm³/mol. The molecule has 0 aromatic carbocycles. The average molecular weight is 388 g/mol. The maximum Gasteiger partial charge on any atom is 0.216 e. The highest BCUT2D eigenvalue weighted by molar-refractivity contribution is 14.0. The molecule has 1 fully saturated rings. The molecule has 0 bridgehead atoms. The Morgan fingerprint density at radius 2 is 2.40 bits per heavy atom. The van der Waals surface area contributed by atoms with Gasteiger partial charge in [0.05, 0.1) is 12.8 Å². The first-order valence-corrected chi connectivity index (χ1v) is 6.27. The summed E-state index contributed by atoms with van der Waals surface area (Å²) in [7, 11) is 1.76. The maximum atomic E-state index is 5.24. The van der Waals surface area contributed by atoms with Crippen molar-refractivity contribution >= 4 is 29.9 Å². The van der Waals surface area contributed by atoms with Crippen LogP contribution < -0.4 is 10.6 Å². The Morgan fingerprint density at radius 3 is 3.05 bits per heavy atom. The van der Waals surface area contributed by atoms with Gasteiger partial charge in [0.15, 0.2) is 11.7 Å². The molecule has 3 rings (SSSR count). The van der Waals surface area contributed by atoms with Gasteiger partial charge in [-0.25, -0.2) is 4.98 Å². The molecular weight excluding hydrogens is 371 g/mol. The lowest BCUT2D eigenvalue weighted by atomic mass is 10.4. The fraction of sp³-hybridized carbons (Fsp3) is 0.417. The summed E-state index contributed by atoms with van der Waals surface area (Å²) >= 11 is 0. The van der Waals surface area contributed by atoms with Crippen LogP contribution in [0.25, 0.3) is 11.6 Å². The number of rotatable bonds is 4. The summed E-state index contributed by atoms with van der Waals surface area (Å²) in [5.41, 5.74) is 0. The van der Waals surface area contributed by atoms with Gasteiger partial charge in [-0.3, -0.25) is 10.1 Å². The maximum absolute atomic E-state index is 5.24. The summed E-state index contributed by atoms with van der Waals surface area (Å²) < 4.78 is 5.24. The minimum absolute atomic E-state index is 0. The summed E-state index contributed by atoms with van der Waals surface area (Å²) in [4.78, 5) is 8.50. The number of nitrogens with zero attached hydrogens (tertiary/aromatic N) is 3. The second-order valence-electron chi connectivity index (χ2n) is 4.43. The third kappa shape index (κ3) is 3.71. The molecule has 1 aliphatic carbocycles. The number of nitrogens with one attached hydrogen (secondary N) is 3. The number of halogens is 1. The zero-order chi connectivity index (χ0) is 13.1. The fourth-order valence-electron chi connectivity index (χ4n) is 1.67. The van der Waals surface area contributed by atoms with E-state index in [1.54, 1.807) is 13.3 Å². The Hall–Kier alpha value is -1.58. The van der Waals surface area contributed by atoms with Gasteiger partial charge < -0.3 is 15.1 Å². The van der Waals surface area contributed by atoms with Crippen molar-refractivity contribution in [3.05, 3.63) is 24.2 Å². The van der Waals surface area contributed by atoms with Crippen molar-refractivity contribution in [3.63, 3.8) is 0 Å². The summed E-state index contributed by atoms with van der Waals surface area (Å²) in [6.45, 7) is 0.542. The highest BCUT2D eigenvalue weighted by Gasteiger charge is 2.22. The topological polar surface area (TPSA) is 91.1 Å². The predicted octanol–water partition coefficient (Wildman–Crippen LogP) is 1.51. The van der Waals surface area contributed by atoms with Crippen LogP contribution >= 0.6 is 24.0 Å². The minimum Gasteiger partial charge on any atom is -0.461 e. The standard InChI is InChI=1S/C12H16N6O.HI/c1-13-12(15-8-4-5-8)14-7-10-16-11(18-17-10)9-3-2-6-19-9;/h2-3,6,8H,4-5,7H2,1H3,(H2,13,14,15)(H,16,17,18);1H. The van der Waals surface area contributed by atoms with Crippen molar-refractivity contribution in [1.29, 1.82) is 0 Å². The van der Waals surface area contributed by atoms with E-state index >= 15 is 0 Å². The molecule has 2 aromatic heterocycles. The fourth-order valence-corrected chi connectivity index (χ4v) is 1.67. The van der Waals surface area contributed by atoms with Crippen molar-refractivity contribution in [3.8, 4) is 11.6 Å². The number of hydrogen-bond acceptors (Lipinski definition) is 4. The quantitative estimate of drug-likeness (QED) is 0.420. The largest absolute Gasteiger partial charge is 0.461 e. The van der Waals surface area contributed by atoms with Crippen LogP contribution in [-0.2, 0) is 6.54 Å². The van der Waals surface area contributed by atoms with Gasteiger partial charge in [0.1, 0.15) is 5.82 Å². The number of aliphatic imine (C=N–C) groups is 1. The molecule has 0 unspecified atom stereocenters. The van der Waals surface area contributed by atoms with Crippen molar-refractivity contribution in [2.45, 2.75) is 25.4 Å². The van der Waals surface area contributed by atoms with Crippen LogP contribution in [-0.4, -0.2) is 34.2 Å².